The molecule has 19 heavy (non-hydrogen) atoms. The first-order valence-electron chi connectivity index (χ1n) is 7.59. The van der Waals surface area contributed by atoms with Gasteiger partial charge in [-0.25, -0.2) is 0 Å². The number of benzene rings is 1. The van der Waals surface area contributed by atoms with Crippen molar-refractivity contribution in [3.05, 3.63) is 34.9 Å². The molecule has 0 amide bonds. The van der Waals surface area contributed by atoms with Crippen LogP contribution in [0.2, 0.25) is 0 Å². The van der Waals surface area contributed by atoms with E-state index in [1.165, 1.54) is 42.4 Å². The molecule has 106 valence electrons. The summed E-state index contributed by atoms with van der Waals surface area (Å²) in [5, 5.41) is 14.1. The van der Waals surface area contributed by atoms with E-state index in [2.05, 4.69) is 37.4 Å². The minimum Gasteiger partial charge on any atom is -0.389 e. The van der Waals surface area contributed by atoms with Gasteiger partial charge in [0.1, 0.15) is 0 Å². The quantitative estimate of drug-likeness (QED) is 0.813. The van der Waals surface area contributed by atoms with Crippen molar-refractivity contribution in [2.75, 3.05) is 6.54 Å². The molecule has 1 aromatic rings. The fourth-order valence-electron chi connectivity index (χ4n) is 3.11. The molecule has 1 aromatic carbocycles. The largest absolute Gasteiger partial charge is 0.389 e. The van der Waals surface area contributed by atoms with E-state index in [0.29, 0.717) is 0 Å². The highest BCUT2D eigenvalue weighted by atomic mass is 16.3. The number of nitrogens with one attached hydrogen (secondary N) is 1. The third-order valence-electron chi connectivity index (χ3n) is 4.43. The van der Waals surface area contributed by atoms with E-state index in [1.54, 1.807) is 0 Å². The van der Waals surface area contributed by atoms with Gasteiger partial charge in [-0.2, -0.15) is 0 Å². The Morgan fingerprint density at radius 3 is 2.21 bits per heavy atom. The van der Waals surface area contributed by atoms with Crippen molar-refractivity contribution in [1.82, 2.24) is 5.32 Å². The lowest BCUT2D eigenvalue weighted by Gasteiger charge is -2.27. The maximum absolute atomic E-state index is 10.6. The van der Waals surface area contributed by atoms with Crippen molar-refractivity contribution in [3.8, 4) is 0 Å². The normalized spacial score (nSPS) is 19.1. The molecule has 0 saturated heterocycles. The molecule has 0 bridgehead atoms. The first-order valence-corrected chi connectivity index (χ1v) is 7.59. The Kier molecular flexibility index (Phi) is 5.00. The second-order valence-corrected chi connectivity index (χ2v) is 6.11. The van der Waals surface area contributed by atoms with Crippen molar-refractivity contribution in [2.45, 2.75) is 64.5 Å². The van der Waals surface area contributed by atoms with Crippen LogP contribution in [0.4, 0.5) is 0 Å². The Labute approximate surface area is 117 Å². The summed E-state index contributed by atoms with van der Waals surface area (Å²) >= 11 is 0. The fourth-order valence-corrected chi connectivity index (χ4v) is 3.11. The molecule has 0 radical (unpaired) electrons. The lowest BCUT2D eigenvalue weighted by atomic mass is 9.94. The minimum atomic E-state index is -0.479. The van der Waals surface area contributed by atoms with E-state index >= 15 is 0 Å². The molecular formula is C17H27NO. The molecule has 1 aliphatic carbocycles. The summed E-state index contributed by atoms with van der Waals surface area (Å²) in [6, 6.07) is 6.42. The second kappa shape index (κ2) is 6.53. The van der Waals surface area contributed by atoms with Crippen molar-refractivity contribution in [1.29, 1.82) is 0 Å². The first-order chi connectivity index (χ1) is 9.11. The Bertz CT molecular complexity index is 385. The number of hydrogen-bond acceptors (Lipinski definition) is 2. The van der Waals surface area contributed by atoms with Crippen LogP contribution in [0.5, 0.6) is 0 Å². The molecule has 1 aliphatic rings. The number of aryl methyl sites for hydroxylation is 2. The highest BCUT2D eigenvalue weighted by Crippen LogP contribution is 2.26. The highest BCUT2D eigenvalue weighted by molar-refractivity contribution is 5.33. The number of rotatable bonds is 4. The maximum Gasteiger partial charge on any atom is 0.0771 e. The first kappa shape index (κ1) is 14.5. The van der Waals surface area contributed by atoms with Crippen LogP contribution in [-0.4, -0.2) is 17.3 Å². The molecule has 0 unspecified atom stereocenters. The summed E-state index contributed by atoms with van der Waals surface area (Å²) in [6.07, 6.45) is 6.79. The molecule has 1 saturated carbocycles. The molecule has 0 aliphatic heterocycles. The van der Waals surface area contributed by atoms with Gasteiger partial charge in [0.25, 0.3) is 0 Å². The van der Waals surface area contributed by atoms with Crippen molar-refractivity contribution in [2.24, 2.45) is 0 Å². The molecule has 2 nitrogen and oxygen atoms in total. The third kappa shape index (κ3) is 4.05. The van der Waals surface area contributed by atoms with Crippen LogP contribution in [0.25, 0.3) is 0 Å². The zero-order chi connectivity index (χ0) is 13.7. The third-order valence-corrected chi connectivity index (χ3v) is 4.43. The van der Waals surface area contributed by atoms with E-state index in [1.807, 2.05) is 0 Å². The van der Waals surface area contributed by atoms with Gasteiger partial charge in [-0.15, -0.1) is 0 Å². The van der Waals surface area contributed by atoms with E-state index in [4.69, 9.17) is 0 Å². The topological polar surface area (TPSA) is 32.3 Å². The predicted octanol–water partition coefficient (Wildman–Crippen LogP) is 3.48. The Hall–Kier alpha value is -0.860. The van der Waals surface area contributed by atoms with E-state index < -0.39 is 5.60 Å². The molecule has 0 spiro atoms. The maximum atomic E-state index is 10.6. The standard InChI is InChI=1S/C17H27NO/c1-14-8-7-9-15(2)16(14)12-18-13-17(19)10-5-3-4-6-11-17/h7-9,18-19H,3-6,10-13H2,1-2H3. The van der Waals surface area contributed by atoms with Gasteiger partial charge in [0, 0.05) is 13.1 Å². The van der Waals surface area contributed by atoms with Crippen LogP contribution < -0.4 is 5.32 Å². The van der Waals surface area contributed by atoms with Crippen molar-refractivity contribution < 1.29 is 5.11 Å². The van der Waals surface area contributed by atoms with Gasteiger partial charge in [0.05, 0.1) is 5.60 Å². The average molecular weight is 261 g/mol. The molecule has 0 heterocycles. The second-order valence-electron chi connectivity index (χ2n) is 6.11. The van der Waals surface area contributed by atoms with Gasteiger partial charge < -0.3 is 10.4 Å². The van der Waals surface area contributed by atoms with Crippen molar-refractivity contribution in [3.63, 3.8) is 0 Å². The molecule has 0 atom stereocenters. The van der Waals surface area contributed by atoms with Gasteiger partial charge in [-0.3, -0.25) is 0 Å². The summed E-state index contributed by atoms with van der Waals surface area (Å²) in [6.45, 7) is 5.90. The molecule has 2 heteroatoms. The molecule has 2 rings (SSSR count). The summed E-state index contributed by atoms with van der Waals surface area (Å²) < 4.78 is 0. The van der Waals surface area contributed by atoms with Gasteiger partial charge in [0.2, 0.25) is 0 Å². The fraction of sp³-hybridized carbons (Fsp3) is 0.647. The number of aliphatic hydroxyl groups is 1. The summed E-state index contributed by atoms with van der Waals surface area (Å²) in [5.74, 6) is 0. The van der Waals surface area contributed by atoms with E-state index in [-0.39, 0.29) is 0 Å². The van der Waals surface area contributed by atoms with Gasteiger partial charge in [0.15, 0.2) is 0 Å². The van der Waals surface area contributed by atoms with Crippen LogP contribution in [0, 0.1) is 13.8 Å². The van der Waals surface area contributed by atoms with E-state index in [9.17, 15) is 5.11 Å². The van der Waals surface area contributed by atoms with Crippen LogP contribution in [-0.2, 0) is 6.54 Å². The summed E-state index contributed by atoms with van der Waals surface area (Å²) in [5.41, 5.74) is 3.56. The molecule has 0 aromatic heterocycles. The van der Waals surface area contributed by atoms with Gasteiger partial charge in [-0.05, 0) is 43.4 Å². The summed E-state index contributed by atoms with van der Waals surface area (Å²) in [7, 11) is 0. The molecule has 1 fully saturated rings. The van der Waals surface area contributed by atoms with Gasteiger partial charge in [-0.1, -0.05) is 43.9 Å². The van der Waals surface area contributed by atoms with E-state index in [0.717, 1.165) is 25.9 Å². The average Bonchev–Trinajstić information content (AvgIpc) is 2.58. The van der Waals surface area contributed by atoms with Crippen LogP contribution in [0.15, 0.2) is 18.2 Å². The lowest BCUT2D eigenvalue weighted by Crippen LogP contribution is -2.40. The predicted molar refractivity (Wildman–Crippen MR) is 80.3 cm³/mol. The monoisotopic (exact) mass is 261 g/mol. The smallest absolute Gasteiger partial charge is 0.0771 e. The summed E-state index contributed by atoms with van der Waals surface area (Å²) in [4.78, 5) is 0. The Morgan fingerprint density at radius 2 is 1.63 bits per heavy atom. The van der Waals surface area contributed by atoms with Crippen molar-refractivity contribution >= 4 is 0 Å². The molecular weight excluding hydrogens is 234 g/mol. The zero-order valence-electron chi connectivity index (χ0n) is 12.3. The zero-order valence-corrected chi connectivity index (χ0v) is 12.3. The Balaban J connectivity index is 1.89. The number of hydrogen-bond donors (Lipinski definition) is 2. The van der Waals surface area contributed by atoms with Crippen LogP contribution in [0.1, 0.15) is 55.2 Å². The Morgan fingerprint density at radius 1 is 1.05 bits per heavy atom. The SMILES string of the molecule is Cc1cccc(C)c1CNCC1(O)CCCCCC1. The van der Waals surface area contributed by atoms with Crippen LogP contribution in [0.3, 0.4) is 0 Å². The lowest BCUT2D eigenvalue weighted by molar-refractivity contribution is 0.0250. The minimum absolute atomic E-state index is 0.479. The molecule has 2 N–H and O–H groups in total. The van der Waals surface area contributed by atoms with Crippen LogP contribution >= 0.6 is 0 Å². The highest BCUT2D eigenvalue weighted by Gasteiger charge is 2.27. The van der Waals surface area contributed by atoms with Gasteiger partial charge >= 0.3 is 0 Å².